The van der Waals surface area contributed by atoms with Gasteiger partial charge in [0, 0.05) is 16.6 Å². The van der Waals surface area contributed by atoms with Gasteiger partial charge in [-0.3, -0.25) is 0 Å². The molecule has 0 spiro atoms. The zero-order chi connectivity index (χ0) is 12.8. The summed E-state index contributed by atoms with van der Waals surface area (Å²) in [5.41, 5.74) is 1.35. The predicted molar refractivity (Wildman–Crippen MR) is 81.7 cm³/mol. The van der Waals surface area contributed by atoms with Crippen molar-refractivity contribution in [1.29, 1.82) is 0 Å². The summed E-state index contributed by atoms with van der Waals surface area (Å²) in [5.74, 6) is 0. The first kappa shape index (κ1) is 13.8. The number of benzene rings is 1. The van der Waals surface area contributed by atoms with Crippen molar-refractivity contribution in [3.05, 3.63) is 46.5 Å². The van der Waals surface area contributed by atoms with Gasteiger partial charge in [-0.1, -0.05) is 53.1 Å². The third-order valence-electron chi connectivity index (χ3n) is 3.57. The Morgan fingerprint density at radius 3 is 3.00 bits per heavy atom. The molecule has 1 aliphatic rings. The van der Waals surface area contributed by atoms with E-state index in [1.54, 1.807) is 0 Å². The van der Waals surface area contributed by atoms with Crippen LogP contribution in [-0.4, -0.2) is 6.04 Å². The number of rotatable bonds is 3. The second-order valence-corrected chi connectivity index (χ2v) is 6.03. The Kier molecular flexibility index (Phi) is 5.45. The van der Waals surface area contributed by atoms with E-state index in [9.17, 15) is 0 Å². The predicted octanol–water partition coefficient (Wildman–Crippen LogP) is 4.99. The van der Waals surface area contributed by atoms with Crippen molar-refractivity contribution in [2.45, 2.75) is 51.1 Å². The molecule has 2 atom stereocenters. The largest absolute Gasteiger partial charge is 0.304 e. The average Bonchev–Trinajstić information content (AvgIpc) is 2.32. The first-order chi connectivity index (χ1) is 8.75. The molecule has 0 radical (unpaired) electrons. The molecule has 0 heterocycles. The Morgan fingerprint density at radius 2 is 2.17 bits per heavy atom. The van der Waals surface area contributed by atoms with Gasteiger partial charge in [0.05, 0.1) is 0 Å². The van der Waals surface area contributed by atoms with Gasteiger partial charge in [0.1, 0.15) is 0 Å². The van der Waals surface area contributed by atoms with Gasteiger partial charge < -0.3 is 5.32 Å². The molecule has 2 rings (SSSR count). The van der Waals surface area contributed by atoms with E-state index in [1.165, 1.54) is 37.7 Å². The maximum absolute atomic E-state index is 3.72. The monoisotopic (exact) mass is 307 g/mol. The van der Waals surface area contributed by atoms with Crippen LogP contribution >= 0.6 is 15.9 Å². The van der Waals surface area contributed by atoms with Gasteiger partial charge in [0.25, 0.3) is 0 Å². The Labute approximate surface area is 119 Å². The summed E-state index contributed by atoms with van der Waals surface area (Å²) in [6, 6.07) is 9.49. The highest BCUT2D eigenvalue weighted by molar-refractivity contribution is 9.10. The molecule has 1 unspecified atom stereocenters. The molecule has 2 heteroatoms. The molecule has 1 nitrogen and oxygen atoms in total. The third-order valence-corrected chi connectivity index (χ3v) is 4.06. The van der Waals surface area contributed by atoms with Gasteiger partial charge in [-0.2, -0.15) is 0 Å². The van der Waals surface area contributed by atoms with Crippen molar-refractivity contribution in [3.63, 3.8) is 0 Å². The van der Waals surface area contributed by atoms with Crippen molar-refractivity contribution in [2.24, 2.45) is 0 Å². The van der Waals surface area contributed by atoms with Crippen LogP contribution in [0.25, 0.3) is 0 Å². The van der Waals surface area contributed by atoms with Crippen molar-refractivity contribution in [2.75, 3.05) is 0 Å². The van der Waals surface area contributed by atoms with E-state index < -0.39 is 0 Å². The zero-order valence-electron chi connectivity index (χ0n) is 11.0. The maximum Gasteiger partial charge on any atom is 0.0297 e. The lowest BCUT2D eigenvalue weighted by Gasteiger charge is -2.22. The summed E-state index contributed by atoms with van der Waals surface area (Å²) in [6.45, 7) is 2.24. The molecule has 0 bridgehead atoms. The fraction of sp³-hybridized carbons (Fsp3) is 0.500. The highest BCUT2D eigenvalue weighted by Crippen LogP contribution is 2.20. The highest BCUT2D eigenvalue weighted by atomic mass is 79.9. The molecule has 0 saturated carbocycles. The molecule has 1 aromatic carbocycles. The maximum atomic E-state index is 3.72. The summed E-state index contributed by atoms with van der Waals surface area (Å²) >= 11 is 3.54. The Hall–Kier alpha value is -0.600. The quantitative estimate of drug-likeness (QED) is 0.776. The SMILES string of the molecule is C[C@H](NC1/C=C/CCCCC1)c1cccc(Br)c1. The van der Waals surface area contributed by atoms with Crippen LogP contribution in [-0.2, 0) is 0 Å². The number of halogens is 1. The second kappa shape index (κ2) is 7.10. The standard InChI is InChI=1S/C16H22BrN/c1-13(14-8-7-9-15(17)12-14)18-16-10-5-3-2-4-6-11-16/h5,7-10,12-13,16,18H,2-4,6,11H2,1H3/b10-5+/t13-,16?/m0/s1. The normalized spacial score (nSPS) is 24.0. The fourth-order valence-electron chi connectivity index (χ4n) is 2.49. The van der Waals surface area contributed by atoms with Crippen molar-refractivity contribution >= 4 is 15.9 Å². The summed E-state index contributed by atoms with van der Waals surface area (Å²) in [7, 11) is 0. The van der Waals surface area contributed by atoms with Gasteiger partial charge in [-0.15, -0.1) is 0 Å². The third kappa shape index (κ3) is 4.25. The first-order valence-corrected chi connectivity index (χ1v) is 7.73. The van der Waals surface area contributed by atoms with E-state index in [-0.39, 0.29) is 0 Å². The molecule has 0 amide bonds. The Bertz CT molecular complexity index is 400. The van der Waals surface area contributed by atoms with Gasteiger partial charge in [-0.25, -0.2) is 0 Å². The number of hydrogen-bond acceptors (Lipinski definition) is 1. The van der Waals surface area contributed by atoms with Crippen molar-refractivity contribution in [1.82, 2.24) is 5.32 Å². The lowest BCUT2D eigenvalue weighted by atomic mass is 10.0. The molecular weight excluding hydrogens is 286 g/mol. The number of nitrogens with one attached hydrogen (secondary N) is 1. The molecule has 0 aromatic heterocycles. The van der Waals surface area contributed by atoms with Crippen LogP contribution in [0.4, 0.5) is 0 Å². The van der Waals surface area contributed by atoms with Crippen LogP contribution in [0.5, 0.6) is 0 Å². The van der Waals surface area contributed by atoms with Gasteiger partial charge in [-0.05, 0) is 43.9 Å². The molecule has 0 fully saturated rings. The van der Waals surface area contributed by atoms with Crippen LogP contribution in [0.15, 0.2) is 40.9 Å². The molecule has 1 aliphatic carbocycles. The van der Waals surface area contributed by atoms with Gasteiger partial charge in [0.15, 0.2) is 0 Å². The topological polar surface area (TPSA) is 12.0 Å². The van der Waals surface area contributed by atoms with E-state index in [1.807, 2.05) is 0 Å². The molecule has 1 aromatic rings. The Balaban J connectivity index is 1.97. The number of allylic oxidation sites excluding steroid dienone is 1. The van der Waals surface area contributed by atoms with Crippen LogP contribution < -0.4 is 5.32 Å². The molecule has 1 N–H and O–H groups in total. The van der Waals surface area contributed by atoms with E-state index in [0.717, 1.165) is 4.47 Å². The molecule has 98 valence electrons. The summed E-state index contributed by atoms with van der Waals surface area (Å²) in [4.78, 5) is 0. The van der Waals surface area contributed by atoms with Crippen LogP contribution in [0.1, 0.15) is 50.6 Å². The molecule has 18 heavy (non-hydrogen) atoms. The van der Waals surface area contributed by atoms with E-state index in [0.29, 0.717) is 12.1 Å². The minimum atomic E-state index is 0.400. The average molecular weight is 308 g/mol. The number of hydrogen-bond donors (Lipinski definition) is 1. The molecule has 0 saturated heterocycles. The minimum Gasteiger partial charge on any atom is -0.304 e. The van der Waals surface area contributed by atoms with E-state index >= 15 is 0 Å². The van der Waals surface area contributed by atoms with Crippen molar-refractivity contribution in [3.8, 4) is 0 Å². The van der Waals surface area contributed by atoms with Crippen LogP contribution in [0, 0.1) is 0 Å². The lowest BCUT2D eigenvalue weighted by Crippen LogP contribution is -2.30. The lowest BCUT2D eigenvalue weighted by molar-refractivity contribution is 0.461. The molecule has 0 aliphatic heterocycles. The summed E-state index contributed by atoms with van der Waals surface area (Å²) in [6.07, 6.45) is 11.3. The Morgan fingerprint density at radius 1 is 1.28 bits per heavy atom. The van der Waals surface area contributed by atoms with Crippen LogP contribution in [0.2, 0.25) is 0 Å². The van der Waals surface area contributed by atoms with Crippen LogP contribution in [0.3, 0.4) is 0 Å². The molecular formula is C16H22BrN. The van der Waals surface area contributed by atoms with E-state index in [2.05, 4.69) is 64.6 Å². The summed E-state index contributed by atoms with van der Waals surface area (Å²) < 4.78 is 1.15. The minimum absolute atomic E-state index is 0.400. The second-order valence-electron chi connectivity index (χ2n) is 5.12. The summed E-state index contributed by atoms with van der Waals surface area (Å²) in [5, 5.41) is 3.72. The highest BCUT2D eigenvalue weighted by Gasteiger charge is 2.12. The van der Waals surface area contributed by atoms with Crippen molar-refractivity contribution < 1.29 is 0 Å². The first-order valence-electron chi connectivity index (χ1n) is 6.94. The van der Waals surface area contributed by atoms with Gasteiger partial charge in [0.2, 0.25) is 0 Å². The smallest absolute Gasteiger partial charge is 0.0297 e. The fourth-order valence-corrected chi connectivity index (χ4v) is 2.91. The van der Waals surface area contributed by atoms with E-state index in [4.69, 9.17) is 0 Å². The van der Waals surface area contributed by atoms with Gasteiger partial charge >= 0.3 is 0 Å². The zero-order valence-corrected chi connectivity index (χ0v) is 12.6.